The number of morpholine rings is 1. The molecule has 1 saturated heterocycles. The average Bonchev–Trinajstić information content (AvgIpc) is 3.70. The molecule has 2 aliphatic carbocycles. The first-order valence-corrected chi connectivity index (χ1v) is 14.6. The SMILES string of the molecule is C[C@@H](CO)NC(=O)Nc1ccc(-c2nc(N3CCOC[C@@H]3C)cc(C3(S(O)(O)C4CC4)CCC3)n2)cc1. The Labute approximate surface area is 219 Å². The van der Waals surface area contributed by atoms with Crippen LogP contribution in [0.15, 0.2) is 30.3 Å². The second kappa shape index (κ2) is 10.4. The number of hydrogen-bond acceptors (Lipinski definition) is 8. The second-order valence-corrected chi connectivity index (χ2v) is 13.1. The Hall–Kier alpha value is -2.44. The normalized spacial score (nSPS) is 22.6. The lowest BCUT2D eigenvalue weighted by Crippen LogP contribution is -2.45. The molecule has 37 heavy (non-hydrogen) atoms. The monoisotopic (exact) mass is 531 g/mol. The summed E-state index contributed by atoms with van der Waals surface area (Å²) in [5, 5.41) is 14.5. The molecule has 2 saturated carbocycles. The molecule has 1 aliphatic heterocycles. The summed E-state index contributed by atoms with van der Waals surface area (Å²) in [6.07, 6.45) is 4.08. The van der Waals surface area contributed by atoms with E-state index in [2.05, 4.69) is 22.5 Å². The third-order valence-corrected chi connectivity index (χ3v) is 10.8. The first-order chi connectivity index (χ1) is 17.7. The lowest BCUT2D eigenvalue weighted by atomic mass is 9.81. The van der Waals surface area contributed by atoms with E-state index in [0.717, 1.165) is 30.6 Å². The zero-order valence-electron chi connectivity index (χ0n) is 21.4. The number of amides is 2. The first kappa shape index (κ1) is 26.2. The minimum absolute atomic E-state index is 0.0398. The van der Waals surface area contributed by atoms with Gasteiger partial charge in [-0.1, -0.05) is 0 Å². The van der Waals surface area contributed by atoms with Crippen molar-refractivity contribution >= 4 is 28.1 Å². The van der Waals surface area contributed by atoms with E-state index in [1.165, 1.54) is 0 Å². The van der Waals surface area contributed by atoms with Crippen LogP contribution in [0.25, 0.3) is 11.4 Å². The summed E-state index contributed by atoms with van der Waals surface area (Å²) in [6.45, 7) is 5.59. The van der Waals surface area contributed by atoms with Crippen LogP contribution in [-0.2, 0) is 9.48 Å². The number of aliphatic hydroxyl groups is 1. The van der Waals surface area contributed by atoms with Crippen molar-refractivity contribution in [2.45, 2.75) is 68.0 Å². The van der Waals surface area contributed by atoms with Crippen LogP contribution in [0.5, 0.6) is 0 Å². The van der Waals surface area contributed by atoms with E-state index in [9.17, 15) is 13.9 Å². The van der Waals surface area contributed by atoms with Crippen molar-refractivity contribution in [2.24, 2.45) is 0 Å². The molecule has 0 unspecified atom stereocenters. The van der Waals surface area contributed by atoms with Crippen LogP contribution in [0.2, 0.25) is 0 Å². The number of rotatable bonds is 8. The number of ether oxygens (including phenoxy) is 1. The lowest BCUT2D eigenvalue weighted by Gasteiger charge is -2.56. The Kier molecular flexibility index (Phi) is 7.34. The van der Waals surface area contributed by atoms with Crippen molar-refractivity contribution in [1.82, 2.24) is 15.3 Å². The fourth-order valence-corrected chi connectivity index (χ4v) is 7.81. The number of carbonyl (C=O) groups excluding carboxylic acids is 1. The average molecular weight is 532 g/mol. The fourth-order valence-electron chi connectivity index (χ4n) is 5.07. The van der Waals surface area contributed by atoms with Gasteiger partial charge in [0.2, 0.25) is 0 Å². The standard InChI is InChI=1S/C26H37N5O5S/c1-17(15-32)27-25(33)28-20-6-4-19(5-7-20)24-29-22(14-23(30-24)31-12-13-36-16-18(31)2)26(10-3-11-26)37(34,35)21-8-9-21/h4-7,14,17-18,21,32,34-35H,3,8-13,15-16H2,1-2H3,(H2,27,28,33)/t17-,18-/m0/s1. The van der Waals surface area contributed by atoms with Gasteiger partial charge in [0.25, 0.3) is 0 Å². The van der Waals surface area contributed by atoms with Crippen LogP contribution in [0.3, 0.4) is 0 Å². The van der Waals surface area contributed by atoms with E-state index in [1.54, 1.807) is 19.1 Å². The smallest absolute Gasteiger partial charge is 0.319 e. The van der Waals surface area contributed by atoms with Crippen molar-refractivity contribution < 1.29 is 23.7 Å². The molecule has 0 radical (unpaired) electrons. The Morgan fingerprint density at radius 3 is 2.57 bits per heavy atom. The van der Waals surface area contributed by atoms with Gasteiger partial charge in [-0.05, 0) is 70.2 Å². The van der Waals surface area contributed by atoms with Gasteiger partial charge in [-0.3, -0.25) is 9.11 Å². The molecular weight excluding hydrogens is 494 g/mol. The van der Waals surface area contributed by atoms with E-state index in [-0.39, 0.29) is 23.9 Å². The quantitative estimate of drug-likeness (QED) is 0.342. The molecule has 10 nitrogen and oxygen atoms in total. The lowest BCUT2D eigenvalue weighted by molar-refractivity contribution is 0.0985. The fraction of sp³-hybridized carbons (Fsp3) is 0.577. The molecule has 2 heterocycles. The number of benzene rings is 1. The molecule has 1 aromatic heterocycles. The molecule has 1 aromatic carbocycles. The van der Waals surface area contributed by atoms with Gasteiger partial charge in [0.05, 0.1) is 37.6 Å². The van der Waals surface area contributed by atoms with Gasteiger partial charge >= 0.3 is 6.03 Å². The predicted molar refractivity (Wildman–Crippen MR) is 145 cm³/mol. The van der Waals surface area contributed by atoms with Gasteiger partial charge in [-0.25, -0.2) is 14.8 Å². The summed E-state index contributed by atoms with van der Waals surface area (Å²) in [6, 6.07) is 8.62. The van der Waals surface area contributed by atoms with E-state index in [1.807, 2.05) is 18.2 Å². The number of anilines is 2. The molecule has 2 aromatic rings. The molecule has 202 valence electrons. The number of aromatic nitrogens is 2. The van der Waals surface area contributed by atoms with Crippen LogP contribution in [0, 0.1) is 0 Å². The Morgan fingerprint density at radius 1 is 1.24 bits per heavy atom. The molecule has 2 amide bonds. The molecule has 3 aliphatic rings. The Balaban J connectivity index is 1.49. The summed E-state index contributed by atoms with van der Waals surface area (Å²) >= 11 is 0. The van der Waals surface area contributed by atoms with Crippen molar-refractivity contribution in [3.63, 3.8) is 0 Å². The largest absolute Gasteiger partial charge is 0.394 e. The Bertz CT molecular complexity index is 1120. The number of carbonyl (C=O) groups is 1. The van der Waals surface area contributed by atoms with Crippen molar-refractivity contribution in [1.29, 1.82) is 0 Å². The van der Waals surface area contributed by atoms with Gasteiger partial charge < -0.3 is 25.4 Å². The number of nitrogens with one attached hydrogen (secondary N) is 2. The van der Waals surface area contributed by atoms with Crippen molar-refractivity contribution in [2.75, 3.05) is 36.6 Å². The molecular formula is C26H37N5O5S. The zero-order valence-corrected chi connectivity index (χ0v) is 22.2. The van der Waals surface area contributed by atoms with Crippen molar-refractivity contribution in [3.05, 3.63) is 36.0 Å². The number of aliphatic hydroxyl groups excluding tert-OH is 1. The minimum Gasteiger partial charge on any atom is -0.394 e. The topological polar surface area (TPSA) is 140 Å². The first-order valence-electron chi connectivity index (χ1n) is 13.0. The maximum absolute atomic E-state index is 12.1. The van der Waals surface area contributed by atoms with Crippen LogP contribution in [0.4, 0.5) is 16.3 Å². The number of hydrogen-bond donors (Lipinski definition) is 5. The van der Waals surface area contributed by atoms with Crippen LogP contribution in [-0.4, -0.2) is 73.9 Å². The maximum atomic E-state index is 12.1. The third-order valence-electron chi connectivity index (χ3n) is 7.62. The van der Waals surface area contributed by atoms with Gasteiger partial charge in [0.1, 0.15) is 10.6 Å². The van der Waals surface area contributed by atoms with E-state index in [0.29, 0.717) is 49.8 Å². The summed E-state index contributed by atoms with van der Waals surface area (Å²) in [5.74, 6) is 1.29. The van der Waals surface area contributed by atoms with Crippen LogP contribution >= 0.6 is 10.6 Å². The second-order valence-electron chi connectivity index (χ2n) is 10.5. The third kappa shape index (κ3) is 5.15. The number of nitrogens with zero attached hydrogens (tertiary/aromatic N) is 3. The highest BCUT2D eigenvalue weighted by Gasteiger charge is 2.56. The number of urea groups is 1. The predicted octanol–water partition coefficient (Wildman–Crippen LogP) is 4.16. The summed E-state index contributed by atoms with van der Waals surface area (Å²) in [5.41, 5.74) is 2.09. The molecule has 5 N–H and O–H groups in total. The highest BCUT2D eigenvalue weighted by atomic mass is 32.3. The summed E-state index contributed by atoms with van der Waals surface area (Å²) in [4.78, 5) is 24.2. The summed E-state index contributed by atoms with van der Waals surface area (Å²) < 4.78 is 27.7. The van der Waals surface area contributed by atoms with E-state index < -0.39 is 21.4 Å². The van der Waals surface area contributed by atoms with Gasteiger partial charge in [0, 0.05) is 29.1 Å². The highest BCUT2D eigenvalue weighted by Crippen LogP contribution is 2.74. The van der Waals surface area contributed by atoms with Crippen LogP contribution < -0.4 is 15.5 Å². The van der Waals surface area contributed by atoms with Crippen LogP contribution in [0.1, 0.15) is 51.6 Å². The zero-order chi connectivity index (χ0) is 26.2. The molecule has 5 rings (SSSR count). The highest BCUT2D eigenvalue weighted by molar-refractivity contribution is 8.25. The van der Waals surface area contributed by atoms with Crippen molar-refractivity contribution in [3.8, 4) is 11.4 Å². The summed E-state index contributed by atoms with van der Waals surface area (Å²) in [7, 11) is -2.84. The minimum atomic E-state index is -2.84. The van der Waals surface area contributed by atoms with Gasteiger partial charge in [-0.15, -0.1) is 0 Å². The van der Waals surface area contributed by atoms with E-state index in [4.69, 9.17) is 19.8 Å². The van der Waals surface area contributed by atoms with E-state index >= 15 is 0 Å². The molecule has 3 fully saturated rings. The van der Waals surface area contributed by atoms with Gasteiger partial charge in [-0.2, -0.15) is 10.6 Å². The molecule has 0 spiro atoms. The Morgan fingerprint density at radius 2 is 1.97 bits per heavy atom. The molecule has 2 atom stereocenters. The molecule has 0 bridgehead atoms. The van der Waals surface area contributed by atoms with Gasteiger partial charge in [0.15, 0.2) is 5.82 Å². The maximum Gasteiger partial charge on any atom is 0.319 e. The molecule has 11 heteroatoms.